The molecule has 5 nitrogen and oxygen atoms in total. The van der Waals surface area contributed by atoms with E-state index in [0.717, 1.165) is 71.3 Å². The highest BCUT2D eigenvalue weighted by molar-refractivity contribution is 5.77. The second kappa shape index (κ2) is 6.85. The molecule has 1 saturated carbocycles. The molecule has 3 aliphatic rings. The van der Waals surface area contributed by atoms with Crippen molar-refractivity contribution in [2.45, 2.75) is 69.6 Å². The molecule has 22 heavy (non-hydrogen) atoms. The van der Waals surface area contributed by atoms with Crippen LogP contribution in [-0.2, 0) is 9.53 Å². The predicted octanol–water partition coefficient (Wildman–Crippen LogP) is 1.39. The van der Waals surface area contributed by atoms with Gasteiger partial charge in [-0.1, -0.05) is 12.8 Å². The van der Waals surface area contributed by atoms with Crippen LogP contribution in [0.1, 0.15) is 51.9 Å². The summed E-state index contributed by atoms with van der Waals surface area (Å²) in [5, 5.41) is 10.4. The SMILES string of the molecule is CC1CN(C2CCN(C(=O)CC3(O)CCCC3)CC2)CCO1. The largest absolute Gasteiger partial charge is 0.389 e. The van der Waals surface area contributed by atoms with Gasteiger partial charge in [-0.15, -0.1) is 0 Å². The topological polar surface area (TPSA) is 53.0 Å². The number of piperidine rings is 1. The normalized spacial score (nSPS) is 30.6. The second-order valence-corrected chi connectivity index (χ2v) is 7.40. The van der Waals surface area contributed by atoms with Gasteiger partial charge in [0, 0.05) is 32.2 Å². The molecule has 0 radical (unpaired) electrons. The zero-order chi connectivity index (χ0) is 15.6. The summed E-state index contributed by atoms with van der Waals surface area (Å²) in [4.78, 5) is 16.9. The highest BCUT2D eigenvalue weighted by Crippen LogP contribution is 2.33. The summed E-state index contributed by atoms with van der Waals surface area (Å²) in [5.74, 6) is 0.151. The molecular weight excluding hydrogens is 280 g/mol. The van der Waals surface area contributed by atoms with E-state index in [9.17, 15) is 9.90 Å². The number of amides is 1. The average Bonchev–Trinajstić information content (AvgIpc) is 2.93. The smallest absolute Gasteiger partial charge is 0.225 e. The fourth-order valence-corrected chi connectivity index (χ4v) is 4.26. The number of hydrogen-bond donors (Lipinski definition) is 1. The lowest BCUT2D eigenvalue weighted by Crippen LogP contribution is -2.52. The highest BCUT2D eigenvalue weighted by atomic mass is 16.5. The fourth-order valence-electron chi connectivity index (χ4n) is 4.26. The van der Waals surface area contributed by atoms with Crippen LogP contribution < -0.4 is 0 Å². The number of carbonyl (C=O) groups excluding carboxylic acids is 1. The van der Waals surface area contributed by atoms with Crippen molar-refractivity contribution in [2.75, 3.05) is 32.8 Å². The molecule has 126 valence electrons. The van der Waals surface area contributed by atoms with Crippen LogP contribution in [0.3, 0.4) is 0 Å². The Labute approximate surface area is 133 Å². The van der Waals surface area contributed by atoms with Crippen molar-refractivity contribution in [3.63, 3.8) is 0 Å². The number of morpholine rings is 1. The Morgan fingerprint density at radius 2 is 1.91 bits per heavy atom. The fraction of sp³-hybridized carbons (Fsp3) is 0.941. The molecule has 0 aromatic heterocycles. The van der Waals surface area contributed by atoms with Crippen LogP contribution in [0.2, 0.25) is 0 Å². The third-order valence-electron chi connectivity index (χ3n) is 5.62. The molecular formula is C17H30N2O3. The van der Waals surface area contributed by atoms with Gasteiger partial charge in [-0.2, -0.15) is 0 Å². The molecule has 1 N–H and O–H groups in total. The average molecular weight is 310 g/mol. The second-order valence-electron chi connectivity index (χ2n) is 7.40. The molecule has 1 amide bonds. The Hall–Kier alpha value is -0.650. The van der Waals surface area contributed by atoms with Crippen LogP contribution in [0.15, 0.2) is 0 Å². The van der Waals surface area contributed by atoms with Crippen molar-refractivity contribution < 1.29 is 14.6 Å². The van der Waals surface area contributed by atoms with Gasteiger partial charge in [-0.3, -0.25) is 9.69 Å². The summed E-state index contributed by atoms with van der Waals surface area (Å²) in [6, 6.07) is 0.588. The lowest BCUT2D eigenvalue weighted by atomic mass is 9.95. The molecule has 2 heterocycles. The van der Waals surface area contributed by atoms with Gasteiger partial charge >= 0.3 is 0 Å². The standard InChI is InChI=1S/C17H30N2O3/c1-14-13-19(10-11-22-14)15-4-8-18(9-5-15)16(20)12-17(21)6-2-3-7-17/h14-15,21H,2-13H2,1H3. The van der Waals surface area contributed by atoms with E-state index in [2.05, 4.69) is 11.8 Å². The molecule has 0 aromatic carbocycles. The van der Waals surface area contributed by atoms with E-state index in [-0.39, 0.29) is 5.91 Å². The molecule has 0 aromatic rings. The van der Waals surface area contributed by atoms with Crippen LogP contribution in [0.4, 0.5) is 0 Å². The molecule has 1 unspecified atom stereocenters. The van der Waals surface area contributed by atoms with Crippen molar-refractivity contribution in [1.29, 1.82) is 0 Å². The maximum atomic E-state index is 12.4. The van der Waals surface area contributed by atoms with E-state index in [0.29, 0.717) is 18.6 Å². The summed E-state index contributed by atoms with van der Waals surface area (Å²) in [7, 11) is 0. The first-order chi connectivity index (χ1) is 10.6. The number of ether oxygens (including phenoxy) is 1. The minimum Gasteiger partial charge on any atom is -0.389 e. The van der Waals surface area contributed by atoms with Gasteiger partial charge in [0.15, 0.2) is 0 Å². The first kappa shape index (κ1) is 16.2. The minimum absolute atomic E-state index is 0.151. The summed E-state index contributed by atoms with van der Waals surface area (Å²) in [6.07, 6.45) is 6.45. The Morgan fingerprint density at radius 3 is 2.55 bits per heavy atom. The maximum Gasteiger partial charge on any atom is 0.225 e. The number of rotatable bonds is 3. The van der Waals surface area contributed by atoms with E-state index < -0.39 is 5.60 Å². The van der Waals surface area contributed by atoms with Gasteiger partial charge in [-0.05, 0) is 32.6 Å². The third kappa shape index (κ3) is 3.81. The molecule has 2 aliphatic heterocycles. The molecule has 3 rings (SSSR count). The molecule has 5 heteroatoms. The van der Waals surface area contributed by atoms with Crippen molar-refractivity contribution in [1.82, 2.24) is 9.80 Å². The van der Waals surface area contributed by atoms with E-state index in [1.54, 1.807) is 0 Å². The lowest BCUT2D eigenvalue weighted by molar-refractivity contribution is -0.138. The van der Waals surface area contributed by atoms with E-state index in [1.165, 1.54) is 0 Å². The zero-order valence-corrected chi connectivity index (χ0v) is 13.8. The molecule has 2 saturated heterocycles. The quantitative estimate of drug-likeness (QED) is 0.856. The Bertz CT molecular complexity index is 387. The Kier molecular flexibility index (Phi) is 5.05. The molecule has 3 fully saturated rings. The minimum atomic E-state index is -0.715. The molecule has 0 spiro atoms. The van der Waals surface area contributed by atoms with Gasteiger partial charge in [0.05, 0.1) is 24.7 Å². The number of carbonyl (C=O) groups is 1. The molecule has 1 aliphatic carbocycles. The summed E-state index contributed by atoms with van der Waals surface area (Å²) in [6.45, 7) is 6.66. The van der Waals surface area contributed by atoms with E-state index in [4.69, 9.17) is 4.74 Å². The van der Waals surface area contributed by atoms with Crippen LogP contribution in [0.5, 0.6) is 0 Å². The van der Waals surface area contributed by atoms with Crippen LogP contribution in [-0.4, -0.2) is 71.3 Å². The number of nitrogens with zero attached hydrogens (tertiary/aromatic N) is 2. The van der Waals surface area contributed by atoms with Crippen LogP contribution >= 0.6 is 0 Å². The summed E-state index contributed by atoms with van der Waals surface area (Å²) in [5.41, 5.74) is -0.715. The predicted molar refractivity (Wildman–Crippen MR) is 84.6 cm³/mol. The van der Waals surface area contributed by atoms with Crippen molar-refractivity contribution in [3.8, 4) is 0 Å². The van der Waals surface area contributed by atoms with E-state index in [1.807, 2.05) is 4.90 Å². The third-order valence-corrected chi connectivity index (χ3v) is 5.62. The zero-order valence-electron chi connectivity index (χ0n) is 13.8. The number of aliphatic hydroxyl groups is 1. The number of likely N-dealkylation sites (tertiary alicyclic amines) is 1. The van der Waals surface area contributed by atoms with Crippen molar-refractivity contribution in [3.05, 3.63) is 0 Å². The highest BCUT2D eigenvalue weighted by Gasteiger charge is 2.36. The first-order valence-corrected chi connectivity index (χ1v) is 8.92. The van der Waals surface area contributed by atoms with Gasteiger partial charge in [0.1, 0.15) is 0 Å². The van der Waals surface area contributed by atoms with Gasteiger partial charge in [0.25, 0.3) is 0 Å². The first-order valence-electron chi connectivity index (χ1n) is 8.92. The van der Waals surface area contributed by atoms with Crippen LogP contribution in [0, 0.1) is 0 Å². The monoisotopic (exact) mass is 310 g/mol. The Balaban J connectivity index is 1.46. The van der Waals surface area contributed by atoms with Crippen LogP contribution in [0.25, 0.3) is 0 Å². The summed E-state index contributed by atoms with van der Waals surface area (Å²) < 4.78 is 5.61. The Morgan fingerprint density at radius 1 is 1.23 bits per heavy atom. The van der Waals surface area contributed by atoms with Gasteiger partial charge in [-0.25, -0.2) is 0 Å². The maximum absolute atomic E-state index is 12.4. The molecule has 0 bridgehead atoms. The number of hydrogen-bond acceptors (Lipinski definition) is 4. The lowest BCUT2D eigenvalue weighted by Gasteiger charge is -2.42. The van der Waals surface area contributed by atoms with Gasteiger partial charge < -0.3 is 14.7 Å². The van der Waals surface area contributed by atoms with Crippen molar-refractivity contribution >= 4 is 5.91 Å². The van der Waals surface area contributed by atoms with Crippen molar-refractivity contribution in [2.24, 2.45) is 0 Å². The summed E-state index contributed by atoms with van der Waals surface area (Å²) >= 11 is 0. The molecule has 1 atom stereocenters. The van der Waals surface area contributed by atoms with Gasteiger partial charge in [0.2, 0.25) is 5.91 Å². The van der Waals surface area contributed by atoms with E-state index >= 15 is 0 Å².